The lowest BCUT2D eigenvalue weighted by molar-refractivity contribution is 1.31. The van der Waals surface area contributed by atoms with Crippen LogP contribution in [0.15, 0.2) is 24.3 Å². The Labute approximate surface area is 87.5 Å². The summed E-state index contributed by atoms with van der Waals surface area (Å²) in [5, 5.41) is 4.07. The van der Waals surface area contributed by atoms with E-state index in [-0.39, 0.29) is 0 Å². The fraction of sp³-hybridized carbons (Fsp3) is 0.231. The highest BCUT2D eigenvalue weighted by Gasteiger charge is 2.07. The molecular formula is C13H15P. The molecule has 0 aliphatic carbocycles. The predicted molar refractivity (Wildman–Crippen MR) is 67.5 cm³/mol. The molecule has 2 aromatic carbocycles. The van der Waals surface area contributed by atoms with Crippen LogP contribution in [0.5, 0.6) is 0 Å². The molecule has 0 bridgehead atoms. The van der Waals surface area contributed by atoms with Gasteiger partial charge in [-0.3, -0.25) is 0 Å². The third kappa shape index (κ3) is 1.26. The molecule has 0 aromatic heterocycles. The summed E-state index contributed by atoms with van der Waals surface area (Å²) in [5.74, 6) is 0. The number of aryl methyl sites for hydroxylation is 1. The summed E-state index contributed by atoms with van der Waals surface area (Å²) >= 11 is 0. The Kier molecular flexibility index (Phi) is 2.33. The van der Waals surface area contributed by atoms with Crippen molar-refractivity contribution in [3.8, 4) is 0 Å². The van der Waals surface area contributed by atoms with Crippen LogP contribution >= 0.6 is 9.24 Å². The van der Waals surface area contributed by atoms with Crippen molar-refractivity contribution in [2.24, 2.45) is 0 Å². The van der Waals surface area contributed by atoms with Gasteiger partial charge >= 0.3 is 0 Å². The lowest BCUT2D eigenvalue weighted by atomic mass is 9.96. The highest BCUT2D eigenvalue weighted by atomic mass is 31.0. The maximum atomic E-state index is 2.86. The minimum atomic E-state index is 1.34. The third-order valence-corrected chi connectivity index (χ3v) is 3.89. The van der Waals surface area contributed by atoms with E-state index in [0.717, 1.165) is 0 Å². The molecule has 0 heterocycles. The molecule has 2 aromatic rings. The van der Waals surface area contributed by atoms with E-state index in [0.29, 0.717) is 0 Å². The van der Waals surface area contributed by atoms with Crippen molar-refractivity contribution in [1.82, 2.24) is 0 Å². The van der Waals surface area contributed by atoms with Gasteiger partial charge in [0.05, 0.1) is 0 Å². The summed E-state index contributed by atoms with van der Waals surface area (Å²) in [6.07, 6.45) is 0. The SMILES string of the molecule is Cc1c(C)c(P)c2ccccc2c1C. The van der Waals surface area contributed by atoms with Crippen LogP contribution < -0.4 is 5.30 Å². The van der Waals surface area contributed by atoms with Crippen LogP contribution in [0.2, 0.25) is 0 Å². The smallest absolute Gasteiger partial charge is 0.0107 e. The van der Waals surface area contributed by atoms with Crippen LogP contribution in [-0.4, -0.2) is 0 Å². The van der Waals surface area contributed by atoms with Crippen LogP contribution in [-0.2, 0) is 0 Å². The van der Waals surface area contributed by atoms with Gasteiger partial charge in [0.15, 0.2) is 0 Å². The largest absolute Gasteiger partial charge is 0.105 e. The monoisotopic (exact) mass is 202 g/mol. The molecule has 0 aliphatic rings. The Hall–Kier alpha value is -0.870. The Morgan fingerprint density at radius 2 is 1.36 bits per heavy atom. The summed E-state index contributed by atoms with van der Waals surface area (Å²) in [5.41, 5.74) is 4.21. The molecule has 0 aliphatic heterocycles. The summed E-state index contributed by atoms with van der Waals surface area (Å²) in [6, 6.07) is 8.60. The fourth-order valence-electron chi connectivity index (χ4n) is 1.93. The molecule has 0 nitrogen and oxygen atoms in total. The second-order valence-electron chi connectivity index (χ2n) is 3.83. The Morgan fingerprint density at radius 1 is 0.786 bits per heavy atom. The van der Waals surface area contributed by atoms with E-state index < -0.39 is 0 Å². The minimum absolute atomic E-state index is 1.34. The molecule has 14 heavy (non-hydrogen) atoms. The third-order valence-electron chi connectivity index (χ3n) is 3.15. The fourth-order valence-corrected chi connectivity index (χ4v) is 2.40. The van der Waals surface area contributed by atoms with Crippen LogP contribution in [0, 0.1) is 20.8 Å². The zero-order chi connectivity index (χ0) is 10.3. The predicted octanol–water partition coefficient (Wildman–Crippen LogP) is 3.27. The standard InChI is InChI=1S/C13H15P/c1-8-9(2)11-6-4-5-7-12(11)13(14)10(8)3/h4-7H,14H2,1-3H3. The number of rotatable bonds is 0. The second-order valence-corrected chi connectivity index (χ2v) is 4.41. The van der Waals surface area contributed by atoms with E-state index in [1.807, 2.05) is 0 Å². The number of benzene rings is 2. The van der Waals surface area contributed by atoms with Crippen LogP contribution in [0.25, 0.3) is 10.8 Å². The maximum absolute atomic E-state index is 2.86. The van der Waals surface area contributed by atoms with Crippen molar-refractivity contribution < 1.29 is 0 Å². The van der Waals surface area contributed by atoms with E-state index in [1.165, 1.54) is 32.8 Å². The Bertz CT molecular complexity index is 452. The number of fused-ring (bicyclic) bond motifs is 1. The molecule has 0 saturated carbocycles. The average Bonchev–Trinajstić information content (AvgIpc) is 2.23. The highest BCUT2D eigenvalue weighted by Crippen LogP contribution is 2.24. The molecule has 0 fully saturated rings. The van der Waals surface area contributed by atoms with Crippen LogP contribution in [0.3, 0.4) is 0 Å². The molecule has 72 valence electrons. The first-order chi connectivity index (χ1) is 6.63. The van der Waals surface area contributed by atoms with Crippen molar-refractivity contribution in [3.05, 3.63) is 41.0 Å². The van der Waals surface area contributed by atoms with Gasteiger partial charge in [0, 0.05) is 0 Å². The van der Waals surface area contributed by atoms with Crippen molar-refractivity contribution >= 4 is 25.3 Å². The number of hydrogen-bond donors (Lipinski definition) is 0. The van der Waals surface area contributed by atoms with Crippen molar-refractivity contribution in [2.75, 3.05) is 0 Å². The van der Waals surface area contributed by atoms with Gasteiger partial charge in [-0.1, -0.05) is 24.3 Å². The molecular weight excluding hydrogens is 187 g/mol. The molecule has 0 saturated heterocycles. The van der Waals surface area contributed by atoms with E-state index in [9.17, 15) is 0 Å². The first-order valence-electron chi connectivity index (χ1n) is 4.87. The molecule has 0 N–H and O–H groups in total. The highest BCUT2D eigenvalue weighted by molar-refractivity contribution is 7.28. The van der Waals surface area contributed by atoms with Crippen molar-refractivity contribution in [1.29, 1.82) is 0 Å². The Morgan fingerprint density at radius 3 is 2.00 bits per heavy atom. The van der Waals surface area contributed by atoms with Gasteiger partial charge in [0.1, 0.15) is 0 Å². The quantitative estimate of drug-likeness (QED) is 0.575. The zero-order valence-corrected chi connectivity index (χ0v) is 10.0. The molecule has 0 spiro atoms. The van der Waals surface area contributed by atoms with Gasteiger partial charge < -0.3 is 0 Å². The molecule has 1 unspecified atom stereocenters. The van der Waals surface area contributed by atoms with Crippen molar-refractivity contribution in [3.63, 3.8) is 0 Å². The van der Waals surface area contributed by atoms with Gasteiger partial charge in [-0.15, -0.1) is 9.24 Å². The maximum Gasteiger partial charge on any atom is -0.0107 e. The number of hydrogen-bond acceptors (Lipinski definition) is 0. The lowest BCUT2D eigenvalue weighted by Gasteiger charge is -2.13. The van der Waals surface area contributed by atoms with Gasteiger partial charge in [0.2, 0.25) is 0 Å². The zero-order valence-electron chi connectivity index (χ0n) is 8.89. The first kappa shape index (κ1) is 9.68. The van der Waals surface area contributed by atoms with E-state index >= 15 is 0 Å². The van der Waals surface area contributed by atoms with Crippen LogP contribution in [0.4, 0.5) is 0 Å². The Balaban J connectivity index is 3.02. The summed E-state index contributed by atoms with van der Waals surface area (Å²) in [4.78, 5) is 0. The minimum Gasteiger partial charge on any atom is -0.105 e. The molecule has 1 heteroatoms. The van der Waals surface area contributed by atoms with Crippen molar-refractivity contribution in [2.45, 2.75) is 20.8 Å². The summed E-state index contributed by atoms with van der Waals surface area (Å²) < 4.78 is 0. The van der Waals surface area contributed by atoms with E-state index in [4.69, 9.17) is 0 Å². The van der Waals surface area contributed by atoms with Gasteiger partial charge in [0.25, 0.3) is 0 Å². The van der Waals surface area contributed by atoms with Gasteiger partial charge in [-0.05, 0) is 53.5 Å². The van der Waals surface area contributed by atoms with Crippen LogP contribution in [0.1, 0.15) is 16.7 Å². The average molecular weight is 202 g/mol. The molecule has 0 amide bonds. The normalized spacial score (nSPS) is 10.9. The second kappa shape index (κ2) is 3.37. The summed E-state index contributed by atoms with van der Waals surface area (Å²) in [6.45, 7) is 6.59. The van der Waals surface area contributed by atoms with E-state index in [2.05, 4.69) is 54.3 Å². The lowest BCUT2D eigenvalue weighted by Crippen LogP contribution is -2.04. The molecule has 2 rings (SSSR count). The summed E-state index contributed by atoms with van der Waals surface area (Å²) in [7, 11) is 2.86. The molecule has 1 atom stereocenters. The topological polar surface area (TPSA) is 0 Å². The van der Waals surface area contributed by atoms with E-state index in [1.54, 1.807) is 0 Å². The first-order valence-corrected chi connectivity index (χ1v) is 5.44. The molecule has 0 radical (unpaired) electrons. The van der Waals surface area contributed by atoms with Gasteiger partial charge in [-0.25, -0.2) is 0 Å². The van der Waals surface area contributed by atoms with Gasteiger partial charge in [-0.2, -0.15) is 0 Å².